The molecule has 1 saturated heterocycles. The minimum atomic E-state index is -0.127. The number of hydrogen-bond acceptors (Lipinski definition) is 6. The van der Waals surface area contributed by atoms with Crippen molar-refractivity contribution in [2.45, 2.75) is 39.0 Å². The summed E-state index contributed by atoms with van der Waals surface area (Å²) < 4.78 is 12.7. The Hall–Kier alpha value is -2.93. The molecule has 0 saturated carbocycles. The highest BCUT2D eigenvalue weighted by atomic mass is 16.5. The summed E-state index contributed by atoms with van der Waals surface area (Å²) in [7, 11) is 1.53. The molecule has 7 nitrogen and oxygen atoms in total. The lowest BCUT2D eigenvalue weighted by molar-refractivity contribution is 0.205. The topological polar surface area (TPSA) is 69.5 Å². The van der Waals surface area contributed by atoms with E-state index >= 15 is 0 Å². The van der Waals surface area contributed by atoms with Crippen LogP contribution in [-0.2, 0) is 6.42 Å². The first-order chi connectivity index (χ1) is 15.2. The molecular weight excluding hydrogens is 392 g/mol. The van der Waals surface area contributed by atoms with Gasteiger partial charge in [0.25, 0.3) is 5.56 Å². The standard InChI is InChI=1S/C24H30N4O3/c1-3-22-26-21-17-25-23(30-2)16-20(21)24(29)28(22)18-8-10-19(11-9-18)31-15-7-14-27-12-5-4-6-13-27/h8-11,16-17H,3-7,12-15H2,1-2H3. The Balaban J connectivity index is 1.49. The van der Waals surface area contributed by atoms with Crippen LogP contribution in [0.1, 0.15) is 38.4 Å². The van der Waals surface area contributed by atoms with Crippen LogP contribution in [0.15, 0.2) is 41.3 Å². The molecular formula is C24H30N4O3. The fourth-order valence-electron chi connectivity index (χ4n) is 4.08. The summed E-state index contributed by atoms with van der Waals surface area (Å²) in [5, 5.41) is 0.488. The number of nitrogens with zero attached hydrogens (tertiary/aromatic N) is 4. The van der Waals surface area contributed by atoms with E-state index in [0.717, 1.165) is 24.4 Å². The Bertz CT molecular complexity index is 1070. The van der Waals surface area contributed by atoms with Gasteiger partial charge < -0.3 is 14.4 Å². The molecule has 0 bridgehead atoms. The molecule has 0 radical (unpaired) electrons. The minimum absolute atomic E-state index is 0.127. The molecule has 1 aliphatic heterocycles. The lowest BCUT2D eigenvalue weighted by Crippen LogP contribution is -2.31. The molecule has 0 atom stereocenters. The first-order valence-corrected chi connectivity index (χ1v) is 11.1. The molecule has 0 N–H and O–H groups in total. The minimum Gasteiger partial charge on any atom is -0.494 e. The third-order valence-corrected chi connectivity index (χ3v) is 5.76. The van der Waals surface area contributed by atoms with Crippen molar-refractivity contribution in [3.8, 4) is 17.3 Å². The van der Waals surface area contributed by atoms with Crippen LogP contribution in [0.3, 0.4) is 0 Å². The van der Waals surface area contributed by atoms with Gasteiger partial charge in [0.1, 0.15) is 11.6 Å². The number of fused-ring (bicyclic) bond motifs is 1. The normalized spacial score (nSPS) is 14.6. The van der Waals surface area contributed by atoms with E-state index in [0.29, 0.717) is 35.6 Å². The second kappa shape index (κ2) is 9.92. The molecule has 3 aromatic rings. The molecule has 0 aliphatic carbocycles. The van der Waals surface area contributed by atoms with Crippen molar-refractivity contribution in [2.24, 2.45) is 0 Å². The zero-order chi connectivity index (χ0) is 21.6. The molecule has 0 unspecified atom stereocenters. The summed E-state index contributed by atoms with van der Waals surface area (Å²) in [5.41, 5.74) is 1.22. The highest BCUT2D eigenvalue weighted by molar-refractivity contribution is 5.78. The van der Waals surface area contributed by atoms with E-state index in [1.807, 2.05) is 31.2 Å². The van der Waals surface area contributed by atoms with Crippen molar-refractivity contribution < 1.29 is 9.47 Å². The number of rotatable bonds is 8. The number of pyridine rings is 1. The maximum Gasteiger partial charge on any atom is 0.266 e. The van der Waals surface area contributed by atoms with E-state index in [2.05, 4.69) is 14.9 Å². The summed E-state index contributed by atoms with van der Waals surface area (Å²) in [4.78, 5) is 24.6. The van der Waals surface area contributed by atoms with Gasteiger partial charge in [-0.05, 0) is 56.6 Å². The van der Waals surface area contributed by atoms with Gasteiger partial charge in [0.2, 0.25) is 5.88 Å². The summed E-state index contributed by atoms with van der Waals surface area (Å²) >= 11 is 0. The number of methoxy groups -OCH3 is 1. The van der Waals surface area contributed by atoms with Crippen LogP contribution in [0.5, 0.6) is 11.6 Å². The van der Waals surface area contributed by atoms with Crippen molar-refractivity contribution in [2.75, 3.05) is 33.4 Å². The first-order valence-electron chi connectivity index (χ1n) is 11.1. The van der Waals surface area contributed by atoms with Crippen LogP contribution in [-0.4, -0.2) is 52.8 Å². The molecule has 1 fully saturated rings. The molecule has 2 aromatic heterocycles. The monoisotopic (exact) mass is 422 g/mol. The van der Waals surface area contributed by atoms with Gasteiger partial charge in [-0.15, -0.1) is 0 Å². The fraction of sp³-hybridized carbons (Fsp3) is 0.458. The number of hydrogen-bond donors (Lipinski definition) is 0. The van der Waals surface area contributed by atoms with Gasteiger partial charge in [-0.25, -0.2) is 9.97 Å². The quantitative estimate of drug-likeness (QED) is 0.517. The van der Waals surface area contributed by atoms with Crippen LogP contribution < -0.4 is 15.0 Å². The van der Waals surface area contributed by atoms with E-state index in [1.165, 1.54) is 39.5 Å². The molecule has 4 rings (SSSR count). The van der Waals surface area contributed by atoms with Gasteiger partial charge >= 0.3 is 0 Å². The molecule has 0 spiro atoms. The Morgan fingerprint density at radius 1 is 1.10 bits per heavy atom. The maximum atomic E-state index is 13.2. The average molecular weight is 423 g/mol. The number of ether oxygens (including phenoxy) is 2. The van der Waals surface area contributed by atoms with E-state index in [-0.39, 0.29) is 5.56 Å². The Kier molecular flexibility index (Phi) is 6.82. The van der Waals surface area contributed by atoms with E-state index in [1.54, 1.807) is 16.8 Å². The first kappa shape index (κ1) is 21.3. The fourth-order valence-corrected chi connectivity index (χ4v) is 4.08. The lowest BCUT2D eigenvalue weighted by Gasteiger charge is -2.26. The second-order valence-corrected chi connectivity index (χ2v) is 7.86. The van der Waals surface area contributed by atoms with E-state index in [9.17, 15) is 4.79 Å². The van der Waals surface area contributed by atoms with Gasteiger partial charge in [0.05, 0.1) is 36.5 Å². The largest absolute Gasteiger partial charge is 0.494 e. The molecule has 31 heavy (non-hydrogen) atoms. The summed E-state index contributed by atoms with van der Waals surface area (Å²) in [6, 6.07) is 9.29. The van der Waals surface area contributed by atoms with E-state index in [4.69, 9.17) is 9.47 Å². The zero-order valence-corrected chi connectivity index (χ0v) is 18.3. The van der Waals surface area contributed by atoms with Crippen molar-refractivity contribution in [3.63, 3.8) is 0 Å². The van der Waals surface area contributed by atoms with Gasteiger partial charge in [-0.3, -0.25) is 9.36 Å². The Labute approximate surface area is 182 Å². The van der Waals surface area contributed by atoms with Crippen molar-refractivity contribution in [1.82, 2.24) is 19.4 Å². The van der Waals surface area contributed by atoms with Crippen molar-refractivity contribution in [3.05, 3.63) is 52.7 Å². The van der Waals surface area contributed by atoms with Gasteiger partial charge in [0.15, 0.2) is 0 Å². The highest BCUT2D eigenvalue weighted by Crippen LogP contribution is 2.19. The van der Waals surface area contributed by atoms with Gasteiger partial charge in [-0.2, -0.15) is 0 Å². The van der Waals surface area contributed by atoms with Crippen molar-refractivity contribution >= 4 is 10.9 Å². The zero-order valence-electron chi connectivity index (χ0n) is 18.3. The number of likely N-dealkylation sites (tertiary alicyclic amines) is 1. The van der Waals surface area contributed by atoms with Crippen molar-refractivity contribution in [1.29, 1.82) is 0 Å². The molecule has 1 aromatic carbocycles. The third-order valence-electron chi connectivity index (χ3n) is 5.76. The molecule has 1 aliphatic rings. The second-order valence-electron chi connectivity index (χ2n) is 7.86. The summed E-state index contributed by atoms with van der Waals surface area (Å²) in [6.07, 6.45) is 7.22. The lowest BCUT2D eigenvalue weighted by atomic mass is 10.1. The highest BCUT2D eigenvalue weighted by Gasteiger charge is 2.13. The van der Waals surface area contributed by atoms with Crippen LogP contribution in [0.4, 0.5) is 0 Å². The Morgan fingerprint density at radius 2 is 1.87 bits per heavy atom. The smallest absolute Gasteiger partial charge is 0.266 e. The van der Waals surface area contributed by atoms with Crippen LogP contribution in [0, 0.1) is 0 Å². The predicted molar refractivity (Wildman–Crippen MR) is 121 cm³/mol. The molecule has 3 heterocycles. The third kappa shape index (κ3) is 4.88. The number of aromatic nitrogens is 3. The SMILES string of the molecule is CCc1nc2cnc(OC)cc2c(=O)n1-c1ccc(OCCCN2CCCCC2)cc1. The predicted octanol–water partition coefficient (Wildman–Crippen LogP) is 3.61. The molecule has 0 amide bonds. The summed E-state index contributed by atoms with van der Waals surface area (Å²) in [6.45, 7) is 6.20. The molecule has 7 heteroatoms. The summed E-state index contributed by atoms with van der Waals surface area (Å²) in [5.74, 6) is 1.91. The van der Waals surface area contributed by atoms with Crippen LogP contribution in [0.25, 0.3) is 16.6 Å². The molecule has 164 valence electrons. The average Bonchev–Trinajstić information content (AvgIpc) is 2.82. The number of aryl methyl sites for hydroxylation is 1. The van der Waals surface area contributed by atoms with E-state index < -0.39 is 0 Å². The van der Waals surface area contributed by atoms with Gasteiger partial charge in [0, 0.05) is 19.0 Å². The number of benzene rings is 1. The van der Waals surface area contributed by atoms with Crippen LogP contribution >= 0.6 is 0 Å². The Morgan fingerprint density at radius 3 is 2.58 bits per heavy atom. The maximum absolute atomic E-state index is 13.2. The number of piperidine rings is 1. The van der Waals surface area contributed by atoms with Crippen LogP contribution in [0.2, 0.25) is 0 Å². The van der Waals surface area contributed by atoms with Gasteiger partial charge in [-0.1, -0.05) is 13.3 Å².